The Morgan fingerprint density at radius 1 is 1.39 bits per heavy atom. The minimum atomic E-state index is -1.49. The molecule has 0 aromatic heterocycles. The maximum atomic E-state index is 11.8. The molecule has 1 aromatic carbocycles. The predicted octanol–water partition coefficient (Wildman–Crippen LogP) is 1.89. The van der Waals surface area contributed by atoms with Crippen molar-refractivity contribution in [2.75, 3.05) is 5.32 Å². The third-order valence-corrected chi connectivity index (χ3v) is 1.94. The lowest BCUT2D eigenvalue weighted by Gasteiger charge is -2.23. The first-order chi connectivity index (χ1) is 8.85. The maximum absolute atomic E-state index is 11.8. The van der Waals surface area contributed by atoms with E-state index in [9.17, 15) is 9.59 Å². The van der Waals surface area contributed by atoms with E-state index in [1.807, 2.05) is 0 Å². The van der Waals surface area contributed by atoms with Gasteiger partial charge in [-0.25, -0.2) is 9.59 Å². The number of anilines is 1. The molecule has 0 aliphatic heterocycles. The maximum Gasteiger partial charge on any atom is 0.340 e. The zero-order chi connectivity index (χ0) is 14.5. The van der Waals surface area contributed by atoms with Crippen LogP contribution in [0.2, 0.25) is 0 Å². The molecule has 0 bridgehead atoms. The number of aliphatic carboxylic acids is 1. The van der Waals surface area contributed by atoms with Gasteiger partial charge in [0, 0.05) is 7.06 Å². The fourth-order valence-corrected chi connectivity index (χ4v) is 1.25. The number of para-hydroxylation sites is 1. The first-order valence-corrected chi connectivity index (χ1v) is 5.42. The Morgan fingerprint density at radius 3 is 2.50 bits per heavy atom. The average Bonchev–Trinajstić information content (AvgIpc) is 2.36. The summed E-state index contributed by atoms with van der Waals surface area (Å²) in [5.74, 6) is -2.23. The molecule has 1 unspecified atom stereocenters. The zero-order valence-corrected chi connectivity index (χ0v) is 10.3. The van der Waals surface area contributed by atoms with Crippen molar-refractivity contribution in [3.05, 3.63) is 30.3 Å². The van der Waals surface area contributed by atoms with Gasteiger partial charge in [0.15, 0.2) is 0 Å². The monoisotopic (exact) mass is 252 g/mol. The molecule has 5 nitrogen and oxygen atoms in total. The van der Waals surface area contributed by atoms with Crippen LogP contribution in [0, 0.1) is 0 Å². The van der Waals surface area contributed by atoms with Gasteiger partial charge in [0.2, 0.25) is 6.04 Å². The molecule has 1 rings (SSSR count). The topological polar surface area (TPSA) is 75.6 Å². The van der Waals surface area contributed by atoms with Crippen LogP contribution in [0.3, 0.4) is 0 Å². The van der Waals surface area contributed by atoms with Gasteiger partial charge in [-0.2, -0.15) is 0 Å². The summed E-state index contributed by atoms with van der Waals surface area (Å²) in [6.07, 6.45) is 0. The number of benzene rings is 1. The van der Waals surface area contributed by atoms with Crippen molar-refractivity contribution < 1.29 is 20.8 Å². The highest BCUT2D eigenvalue weighted by atomic mass is 16.6. The van der Waals surface area contributed by atoms with Gasteiger partial charge < -0.3 is 15.2 Å². The van der Waals surface area contributed by atoms with E-state index in [1.54, 1.807) is 44.2 Å². The normalized spacial score (nSPS) is 13.3. The predicted molar refractivity (Wildman–Crippen MR) is 67.3 cm³/mol. The van der Waals surface area contributed by atoms with Gasteiger partial charge in [-0.1, -0.05) is 18.2 Å². The van der Waals surface area contributed by atoms with Crippen molar-refractivity contribution in [3.8, 4) is 0 Å². The average molecular weight is 252 g/mol. The van der Waals surface area contributed by atoms with Crippen LogP contribution in [0.5, 0.6) is 0 Å². The van der Waals surface area contributed by atoms with Crippen LogP contribution >= 0.6 is 0 Å². The van der Waals surface area contributed by atoms with Crippen molar-refractivity contribution in [1.82, 2.24) is 0 Å². The van der Waals surface area contributed by atoms with Gasteiger partial charge in [0.1, 0.15) is 5.60 Å². The van der Waals surface area contributed by atoms with Crippen LogP contribution < -0.4 is 5.32 Å². The summed E-state index contributed by atoms with van der Waals surface area (Å²) < 4.78 is 12.2. The van der Waals surface area contributed by atoms with Gasteiger partial charge >= 0.3 is 11.9 Å². The molecule has 98 valence electrons. The third kappa shape index (κ3) is 4.45. The van der Waals surface area contributed by atoms with Crippen LogP contribution in [0.4, 0.5) is 5.69 Å². The van der Waals surface area contributed by atoms with E-state index in [0.29, 0.717) is 5.69 Å². The number of esters is 1. The minimum absolute atomic E-state index is 0.142. The molecule has 0 saturated heterocycles. The number of carbonyl (C=O) groups is 2. The number of carbonyl (C=O) groups excluding carboxylic acids is 1. The quantitative estimate of drug-likeness (QED) is 0.632. The Morgan fingerprint density at radius 2 is 2.00 bits per heavy atom. The van der Waals surface area contributed by atoms with E-state index in [1.165, 1.54) is 0 Å². The molecule has 0 aliphatic rings. The summed E-state index contributed by atoms with van der Waals surface area (Å²) in [5.41, 5.74) is -0.501. The van der Waals surface area contributed by atoms with Crippen LogP contribution in [-0.2, 0) is 14.3 Å². The second-order valence-electron chi connectivity index (χ2n) is 4.46. The summed E-state index contributed by atoms with van der Waals surface area (Å²) in [7, 11) is 0. The highest BCUT2D eigenvalue weighted by molar-refractivity contribution is 6.01. The van der Waals surface area contributed by atoms with Crippen LogP contribution in [0.1, 0.15) is 22.1 Å². The standard InChI is InChI=1S/C13H17NO4/c1-13(2,3)18-12(17)10(11(15)16)14-9-7-5-4-6-8-9/h4-8,10,14H,1-3H3,(H,15,16)/i1D. The minimum Gasteiger partial charge on any atom is -0.479 e. The van der Waals surface area contributed by atoms with Gasteiger partial charge in [0.05, 0.1) is 0 Å². The van der Waals surface area contributed by atoms with Crippen LogP contribution in [0.25, 0.3) is 0 Å². The Hall–Kier alpha value is -2.04. The number of nitrogens with one attached hydrogen (secondary N) is 1. The molecule has 0 radical (unpaired) electrons. The lowest BCUT2D eigenvalue weighted by atomic mass is 10.2. The summed E-state index contributed by atoms with van der Waals surface area (Å²) in [6.45, 7) is 2.97. The molecule has 0 saturated carbocycles. The lowest BCUT2D eigenvalue weighted by molar-refractivity contribution is -0.160. The Labute approximate surface area is 107 Å². The molecule has 1 aromatic rings. The number of carboxylic acids is 1. The number of carboxylic acid groups (broad SMARTS) is 1. The van der Waals surface area contributed by atoms with Crippen molar-refractivity contribution in [2.45, 2.75) is 32.4 Å². The zero-order valence-electron chi connectivity index (χ0n) is 11.3. The fourth-order valence-electron chi connectivity index (χ4n) is 1.25. The van der Waals surface area contributed by atoms with Crippen molar-refractivity contribution in [1.29, 1.82) is 0 Å². The number of ether oxygens (including phenoxy) is 1. The van der Waals surface area contributed by atoms with E-state index >= 15 is 0 Å². The van der Waals surface area contributed by atoms with Crippen LogP contribution in [0.15, 0.2) is 30.3 Å². The molecule has 0 fully saturated rings. The molecule has 5 heteroatoms. The molecule has 0 spiro atoms. The summed E-state index contributed by atoms with van der Waals surface area (Å²) in [4.78, 5) is 22.9. The van der Waals surface area contributed by atoms with E-state index < -0.39 is 23.6 Å². The highest BCUT2D eigenvalue weighted by Crippen LogP contribution is 2.12. The molecular formula is C13H17NO4. The Balaban J connectivity index is 2.78. The summed E-state index contributed by atoms with van der Waals surface area (Å²) in [6, 6.07) is 7.04. The van der Waals surface area contributed by atoms with Crippen LogP contribution in [-0.4, -0.2) is 28.7 Å². The van der Waals surface area contributed by atoms with Gasteiger partial charge in [-0.15, -0.1) is 0 Å². The van der Waals surface area contributed by atoms with Gasteiger partial charge in [0.25, 0.3) is 0 Å². The Bertz CT molecular complexity index is 447. The van der Waals surface area contributed by atoms with Crippen molar-refractivity contribution in [2.24, 2.45) is 0 Å². The molecule has 0 aliphatic carbocycles. The second kappa shape index (κ2) is 5.53. The van der Waals surface area contributed by atoms with E-state index in [0.717, 1.165) is 0 Å². The highest BCUT2D eigenvalue weighted by Gasteiger charge is 2.30. The largest absolute Gasteiger partial charge is 0.479 e. The number of hydrogen-bond acceptors (Lipinski definition) is 4. The smallest absolute Gasteiger partial charge is 0.340 e. The fraction of sp³-hybridized carbons (Fsp3) is 0.385. The van der Waals surface area contributed by atoms with Gasteiger partial charge in [-0.05, 0) is 32.9 Å². The summed E-state index contributed by atoms with van der Waals surface area (Å²) >= 11 is 0. The first kappa shape index (κ1) is 12.4. The molecule has 1 atom stereocenters. The number of hydrogen-bond donors (Lipinski definition) is 2. The van der Waals surface area contributed by atoms with E-state index in [-0.39, 0.29) is 6.90 Å². The van der Waals surface area contributed by atoms with E-state index in [2.05, 4.69) is 5.32 Å². The van der Waals surface area contributed by atoms with Gasteiger partial charge in [-0.3, -0.25) is 0 Å². The van der Waals surface area contributed by atoms with Crippen molar-refractivity contribution in [3.63, 3.8) is 0 Å². The van der Waals surface area contributed by atoms with Crippen molar-refractivity contribution >= 4 is 17.6 Å². The first-order valence-electron chi connectivity index (χ1n) is 6.13. The Kier molecular flexibility index (Phi) is 3.82. The lowest BCUT2D eigenvalue weighted by Crippen LogP contribution is -2.42. The molecule has 18 heavy (non-hydrogen) atoms. The number of rotatable bonds is 4. The van der Waals surface area contributed by atoms with E-state index in [4.69, 9.17) is 11.2 Å². The SMILES string of the molecule is [2H]CC(C)(C)OC(=O)C(Nc1ccccc1)C(=O)O. The molecular weight excluding hydrogens is 234 g/mol. The molecule has 0 heterocycles. The third-order valence-electron chi connectivity index (χ3n) is 1.94. The second-order valence-corrected chi connectivity index (χ2v) is 4.46. The molecule has 0 amide bonds. The molecule has 2 N–H and O–H groups in total. The summed E-state index contributed by atoms with van der Waals surface area (Å²) in [5, 5.41) is 11.7.